The largest absolute Gasteiger partial charge is 0.507 e. The van der Waals surface area contributed by atoms with Crippen molar-refractivity contribution in [1.82, 2.24) is 20.8 Å². The van der Waals surface area contributed by atoms with E-state index in [9.17, 15) is 29.4 Å². The number of phenols is 2. The Morgan fingerprint density at radius 2 is 1.76 bits per heavy atom. The smallest absolute Gasteiger partial charge is 0.342 e. The zero-order chi connectivity index (χ0) is 36.9. The van der Waals surface area contributed by atoms with Gasteiger partial charge in [-0.05, 0) is 61.9 Å². The fourth-order valence-corrected chi connectivity index (χ4v) is 5.82. The van der Waals surface area contributed by atoms with Crippen LogP contribution in [-0.2, 0) is 25.5 Å². The molecule has 13 heteroatoms. The van der Waals surface area contributed by atoms with Gasteiger partial charge in [-0.15, -0.1) is 0 Å². The van der Waals surface area contributed by atoms with Crippen molar-refractivity contribution in [3.05, 3.63) is 70.4 Å². The highest BCUT2D eigenvalue weighted by Gasteiger charge is 2.31. The number of rotatable bonds is 12. The van der Waals surface area contributed by atoms with Gasteiger partial charge in [-0.2, -0.15) is 4.98 Å². The predicted molar refractivity (Wildman–Crippen MR) is 189 cm³/mol. The van der Waals surface area contributed by atoms with E-state index in [2.05, 4.69) is 20.8 Å². The molecule has 274 valence electrons. The number of methoxy groups -OCH3 is 1. The monoisotopic (exact) mass is 704 g/mol. The summed E-state index contributed by atoms with van der Waals surface area (Å²) in [4.78, 5) is 55.8. The number of nitrogens with one attached hydrogen (secondary N) is 2. The van der Waals surface area contributed by atoms with E-state index in [0.29, 0.717) is 74.5 Å². The number of aromatic nitrogens is 2. The number of aromatic hydroxyl groups is 2. The minimum absolute atomic E-state index is 0.0138. The summed E-state index contributed by atoms with van der Waals surface area (Å²) in [6.45, 7) is 5.97. The van der Waals surface area contributed by atoms with Gasteiger partial charge in [0.15, 0.2) is 5.82 Å². The standard InChI is InChI=1S/C38H48N4O9/c1-23(2)37-41-33(51-42-37)18-20-39-31(45)17-19-40-32(46)22-29(25-13-15-28(49-4)16-14-25)35-30(44)21-26-10-6-5-7-11-27(43)12-8-9-24(3)50-38(48)34(26)36(35)47/h6,10,13-16,21,23-24,29,44,47H,5,7-9,11-12,17-20,22H2,1-4H3,(H,39,45)(H,40,46). The SMILES string of the molecule is COc1ccc(C(CC(=O)NCCC(=O)NCCc2nc(C(C)C)no2)c2c(O)cc3c(c2O)C(=O)OC(C)CCCC(=O)CCCC=C3)cc1. The minimum Gasteiger partial charge on any atom is -0.507 e. The third-order valence-corrected chi connectivity index (χ3v) is 8.64. The molecule has 4 rings (SSSR count). The van der Waals surface area contributed by atoms with Crippen LogP contribution in [0.1, 0.15) is 123 Å². The number of fused-ring (bicyclic) bond motifs is 1. The predicted octanol–water partition coefficient (Wildman–Crippen LogP) is 5.48. The van der Waals surface area contributed by atoms with Gasteiger partial charge >= 0.3 is 5.97 Å². The number of nitrogens with zero attached hydrogens (tertiary/aromatic N) is 2. The van der Waals surface area contributed by atoms with Gasteiger partial charge in [0, 0.05) is 62.6 Å². The molecule has 1 aromatic heterocycles. The van der Waals surface area contributed by atoms with E-state index in [0.717, 1.165) is 0 Å². The lowest BCUT2D eigenvalue weighted by Crippen LogP contribution is -2.32. The second kappa shape index (κ2) is 18.7. The lowest BCUT2D eigenvalue weighted by molar-refractivity contribution is -0.122. The summed E-state index contributed by atoms with van der Waals surface area (Å²) >= 11 is 0. The van der Waals surface area contributed by atoms with Gasteiger partial charge in [-0.25, -0.2) is 4.79 Å². The number of cyclic esters (lactones) is 1. The normalized spacial score (nSPS) is 16.1. The molecule has 0 fully saturated rings. The number of carbonyl (C=O) groups excluding carboxylic acids is 4. The van der Waals surface area contributed by atoms with Crippen LogP contribution in [0.3, 0.4) is 0 Å². The third-order valence-electron chi connectivity index (χ3n) is 8.64. The number of hydrogen-bond acceptors (Lipinski definition) is 11. The lowest BCUT2D eigenvalue weighted by atomic mass is 9.84. The van der Waals surface area contributed by atoms with Gasteiger partial charge in [0.05, 0.1) is 13.2 Å². The first-order valence-electron chi connectivity index (χ1n) is 17.4. The zero-order valence-electron chi connectivity index (χ0n) is 29.7. The summed E-state index contributed by atoms with van der Waals surface area (Å²) in [6.07, 6.45) is 6.12. The van der Waals surface area contributed by atoms with Crippen molar-refractivity contribution in [2.45, 2.75) is 96.5 Å². The molecule has 51 heavy (non-hydrogen) atoms. The van der Waals surface area contributed by atoms with Crippen LogP contribution in [0.15, 0.2) is 40.9 Å². The van der Waals surface area contributed by atoms with Gasteiger partial charge in [0.1, 0.15) is 28.6 Å². The van der Waals surface area contributed by atoms with E-state index >= 15 is 0 Å². The van der Waals surface area contributed by atoms with E-state index < -0.39 is 29.6 Å². The zero-order valence-corrected chi connectivity index (χ0v) is 29.7. The molecule has 2 unspecified atom stereocenters. The molecule has 2 heterocycles. The molecule has 0 bridgehead atoms. The Morgan fingerprint density at radius 1 is 1.04 bits per heavy atom. The number of amides is 2. The van der Waals surface area contributed by atoms with Crippen molar-refractivity contribution < 1.29 is 43.4 Å². The molecule has 0 spiro atoms. The molecule has 0 aliphatic carbocycles. The number of phenolic OH excluding ortho intramolecular Hbond substituents is 2. The highest BCUT2D eigenvalue weighted by molar-refractivity contribution is 5.98. The van der Waals surface area contributed by atoms with Crippen molar-refractivity contribution >= 4 is 29.6 Å². The molecular weight excluding hydrogens is 656 g/mol. The number of esters is 1. The van der Waals surface area contributed by atoms with Crippen LogP contribution in [0.5, 0.6) is 17.2 Å². The fraction of sp³-hybridized carbons (Fsp3) is 0.474. The fourth-order valence-electron chi connectivity index (χ4n) is 5.82. The molecule has 1 aliphatic heterocycles. The first-order valence-corrected chi connectivity index (χ1v) is 17.4. The van der Waals surface area contributed by atoms with E-state index in [4.69, 9.17) is 14.0 Å². The van der Waals surface area contributed by atoms with Crippen molar-refractivity contribution in [3.8, 4) is 17.2 Å². The van der Waals surface area contributed by atoms with Crippen LogP contribution < -0.4 is 15.4 Å². The summed E-state index contributed by atoms with van der Waals surface area (Å²) in [7, 11) is 1.52. The van der Waals surface area contributed by atoms with Crippen LogP contribution in [0.25, 0.3) is 6.08 Å². The second-order valence-electron chi connectivity index (χ2n) is 13.0. The molecule has 4 N–H and O–H groups in total. The Hall–Kier alpha value is -5.20. The van der Waals surface area contributed by atoms with E-state index in [-0.39, 0.29) is 59.4 Å². The topological polar surface area (TPSA) is 190 Å². The molecule has 3 aromatic rings. The number of hydrogen-bond donors (Lipinski definition) is 4. The van der Waals surface area contributed by atoms with Gasteiger partial charge in [-0.1, -0.05) is 43.3 Å². The number of Topliss-reactive ketones (excluding diaryl/α,β-unsaturated/α-hetero) is 1. The Kier molecular flexibility index (Phi) is 14.2. The van der Waals surface area contributed by atoms with E-state index in [1.54, 1.807) is 43.3 Å². The molecule has 1 aliphatic rings. The minimum atomic E-state index is -0.895. The summed E-state index contributed by atoms with van der Waals surface area (Å²) < 4.78 is 16.2. The second-order valence-corrected chi connectivity index (χ2v) is 13.0. The molecule has 0 saturated heterocycles. The van der Waals surface area contributed by atoms with Gasteiger partial charge < -0.3 is 34.8 Å². The average Bonchev–Trinajstić information content (AvgIpc) is 3.56. The Labute approximate surface area is 297 Å². The first-order chi connectivity index (χ1) is 24.5. The van der Waals surface area contributed by atoms with E-state index in [1.807, 2.05) is 13.8 Å². The maximum atomic E-state index is 13.6. The molecule has 0 radical (unpaired) electrons. The van der Waals surface area contributed by atoms with Crippen LogP contribution in [-0.4, -0.2) is 70.2 Å². The lowest BCUT2D eigenvalue weighted by Gasteiger charge is -2.23. The van der Waals surface area contributed by atoms with Crippen LogP contribution in [0.2, 0.25) is 0 Å². The van der Waals surface area contributed by atoms with Crippen molar-refractivity contribution in [2.75, 3.05) is 20.2 Å². The highest BCUT2D eigenvalue weighted by Crippen LogP contribution is 2.44. The van der Waals surface area contributed by atoms with Gasteiger partial charge in [-0.3, -0.25) is 14.4 Å². The Bertz CT molecular complexity index is 1700. The maximum absolute atomic E-state index is 13.6. The molecule has 0 saturated carbocycles. The van der Waals surface area contributed by atoms with Gasteiger partial charge in [0.2, 0.25) is 17.7 Å². The number of ether oxygens (including phenoxy) is 2. The Morgan fingerprint density at radius 3 is 2.47 bits per heavy atom. The van der Waals surface area contributed by atoms with Gasteiger partial charge in [0.25, 0.3) is 0 Å². The van der Waals surface area contributed by atoms with Crippen LogP contribution in [0.4, 0.5) is 0 Å². The number of carbonyl (C=O) groups is 4. The summed E-state index contributed by atoms with van der Waals surface area (Å²) in [5, 5.41) is 32.5. The molecule has 2 aromatic carbocycles. The maximum Gasteiger partial charge on any atom is 0.342 e. The molecular formula is C38H48N4O9. The summed E-state index contributed by atoms with van der Waals surface area (Å²) in [5.41, 5.74) is 0.672. The Balaban J connectivity index is 1.53. The molecule has 13 nitrogen and oxygen atoms in total. The van der Waals surface area contributed by atoms with Crippen LogP contribution in [0, 0.1) is 0 Å². The van der Waals surface area contributed by atoms with Crippen molar-refractivity contribution in [2.24, 2.45) is 0 Å². The van der Waals surface area contributed by atoms with E-state index in [1.165, 1.54) is 13.2 Å². The number of allylic oxidation sites excluding steroid dienone is 1. The first kappa shape index (κ1) is 38.6. The summed E-state index contributed by atoms with van der Waals surface area (Å²) in [6, 6.07) is 8.19. The number of ketones is 1. The van der Waals surface area contributed by atoms with Crippen molar-refractivity contribution in [3.63, 3.8) is 0 Å². The summed E-state index contributed by atoms with van der Waals surface area (Å²) in [5.74, 6) is -1.33. The highest BCUT2D eigenvalue weighted by atomic mass is 16.5. The van der Waals surface area contributed by atoms with Crippen molar-refractivity contribution in [1.29, 1.82) is 0 Å². The molecule has 2 amide bonds. The third kappa shape index (κ3) is 11.1. The van der Waals surface area contributed by atoms with Crippen LogP contribution >= 0.6 is 0 Å². The number of benzene rings is 2. The average molecular weight is 705 g/mol. The quantitative estimate of drug-likeness (QED) is 0.175. The molecule has 2 atom stereocenters.